The summed E-state index contributed by atoms with van der Waals surface area (Å²) in [6.45, 7) is 14.8. The second kappa shape index (κ2) is 42.3. The van der Waals surface area contributed by atoms with Crippen molar-refractivity contribution in [3.05, 3.63) is 111 Å². The first-order chi connectivity index (χ1) is 49.7. The van der Waals surface area contributed by atoms with Crippen molar-refractivity contribution in [1.82, 2.24) is 46.7 Å². The number of anilines is 1. The van der Waals surface area contributed by atoms with Crippen molar-refractivity contribution in [3.8, 4) is 5.75 Å². The van der Waals surface area contributed by atoms with Crippen LogP contribution in [0.15, 0.2) is 66.2 Å². The molecule has 2 heterocycles. The highest BCUT2D eigenvalue weighted by Crippen LogP contribution is 2.33. The van der Waals surface area contributed by atoms with E-state index in [-0.39, 0.29) is 88.1 Å². The largest absolute Gasteiger partial charge is 0.445 e. The van der Waals surface area contributed by atoms with Gasteiger partial charge < -0.3 is 81.2 Å². The molecule has 33 heteroatoms. The topological polar surface area (TPSA) is 356 Å². The summed E-state index contributed by atoms with van der Waals surface area (Å²) in [7, 11) is 4.64. The standard InChI is InChI=1S/C72H100F5N11O16S/c1-13-42(6)61(50(99-11)38-52(90)88-31-18-22-49(88)62(100-12)43(7)64(92)83-48(67-79-30-36-105-67)37-44-19-15-14-16-20-44)87(10)68(95)60(41(4)5)85-69(96)72(8,9)86-71(98)103-39-45-23-25-46(26-24-45)81-65(93)47(21-17-29-80-70(78)97)82-66(94)59(40(2)3)84-51(89)27-32-101-34-35-102-33-28-53(91)104-63-57(76)55(74)54(73)56(75)58(63)77/h14-16,19-20,23-26,30,36,40-43,47-50,59-62H,13,17-18,21-22,27-29,31-35,37-39H2,1-12H3,(H,81,93)(H,82,94)(H,83,92)(H,84,89)(H,85,96)(H,86,98)(H3,78,80,97)/t42-,43+,47-,48-,49-,50+,59-,60-,61-,62+/m0/s1. The average Bonchev–Trinajstić information content (AvgIpc) is 1.80. The number of nitrogens with one attached hydrogen (secondary N) is 7. The quantitative estimate of drug-likeness (QED) is 0.00533. The van der Waals surface area contributed by atoms with Crippen molar-refractivity contribution in [2.24, 2.45) is 29.4 Å². The van der Waals surface area contributed by atoms with Gasteiger partial charge in [0.25, 0.3) is 0 Å². The Kier molecular flexibility index (Phi) is 34.9. The molecule has 0 unspecified atom stereocenters. The number of ether oxygens (including phenoxy) is 6. The maximum Gasteiger partial charge on any atom is 0.408 e. The third kappa shape index (κ3) is 26.0. The second-order valence-corrected chi connectivity index (χ2v) is 27.7. The first-order valence-electron chi connectivity index (χ1n) is 34.8. The van der Waals surface area contributed by atoms with Gasteiger partial charge in [-0.2, -0.15) is 8.78 Å². The molecule has 1 fully saturated rings. The first-order valence-corrected chi connectivity index (χ1v) is 35.6. The smallest absolute Gasteiger partial charge is 0.408 e. The lowest BCUT2D eigenvalue weighted by Crippen LogP contribution is -2.62. The molecule has 1 aliphatic heterocycles. The van der Waals surface area contributed by atoms with Crippen molar-refractivity contribution in [3.63, 3.8) is 0 Å². The molecule has 0 saturated carbocycles. The van der Waals surface area contributed by atoms with E-state index in [4.69, 9.17) is 29.4 Å². The van der Waals surface area contributed by atoms with Crippen LogP contribution in [0.5, 0.6) is 5.75 Å². The number of nitrogens with zero attached hydrogens (tertiary/aromatic N) is 3. The Labute approximate surface area is 612 Å². The zero-order chi connectivity index (χ0) is 77.8. The molecule has 1 aromatic heterocycles. The molecule has 0 spiro atoms. The van der Waals surface area contributed by atoms with E-state index in [9.17, 15) is 69.9 Å². The van der Waals surface area contributed by atoms with Crippen molar-refractivity contribution in [2.45, 2.75) is 181 Å². The molecule has 0 radical (unpaired) electrons. The van der Waals surface area contributed by atoms with Gasteiger partial charge in [0.1, 0.15) is 35.3 Å². The number of likely N-dealkylation sites (tertiary alicyclic amines) is 1. The van der Waals surface area contributed by atoms with E-state index in [1.54, 1.807) is 64.9 Å². The summed E-state index contributed by atoms with van der Waals surface area (Å²) in [6.07, 6.45) is 0.916. The van der Waals surface area contributed by atoms with E-state index in [0.717, 1.165) is 10.6 Å². The second-order valence-electron chi connectivity index (χ2n) is 26.8. The van der Waals surface area contributed by atoms with Crippen molar-refractivity contribution in [1.29, 1.82) is 0 Å². The van der Waals surface area contributed by atoms with Gasteiger partial charge in [0.15, 0.2) is 0 Å². The summed E-state index contributed by atoms with van der Waals surface area (Å²) in [5, 5.41) is 21.7. The van der Waals surface area contributed by atoms with Gasteiger partial charge in [0.2, 0.25) is 76.2 Å². The van der Waals surface area contributed by atoms with Crippen LogP contribution in [0.2, 0.25) is 0 Å². The number of carbonyl (C=O) groups is 10. The number of hydrogen-bond donors (Lipinski definition) is 8. The molecule has 105 heavy (non-hydrogen) atoms. The number of rotatable bonds is 42. The Hall–Kier alpha value is -8.92. The number of urea groups is 1. The fourth-order valence-electron chi connectivity index (χ4n) is 11.8. The van der Waals surface area contributed by atoms with Gasteiger partial charge >= 0.3 is 18.1 Å². The summed E-state index contributed by atoms with van der Waals surface area (Å²) < 4.78 is 100. The van der Waals surface area contributed by atoms with Crippen molar-refractivity contribution < 1.29 is 98.3 Å². The van der Waals surface area contributed by atoms with E-state index >= 15 is 0 Å². The number of nitrogens with two attached hydrogens (primary N) is 1. The maximum absolute atomic E-state index is 14.7. The molecule has 5 rings (SSSR count). The number of alkyl carbamates (subject to hydrolysis) is 1. The SMILES string of the molecule is CC[C@H](C)[C@@H]([C@@H](CC(=O)N1CCC[C@H]1[C@H](OC)[C@@H](C)C(=O)N[C@@H](Cc1ccccc1)c1nccs1)OC)N(C)C(=O)[C@@H](NC(=O)C(C)(C)NC(=O)OCc1ccc(NC(=O)[C@H](CCCNC(N)=O)NC(=O)[C@@H](NC(=O)CCOCCOCCC(=O)Oc2c(F)c(F)c(F)c(F)c2F)C(C)C)cc1)C(C)C. The van der Waals surface area contributed by atoms with Crippen LogP contribution in [0.1, 0.15) is 136 Å². The Morgan fingerprint density at radius 1 is 0.743 bits per heavy atom. The van der Waals surface area contributed by atoms with Crippen LogP contribution in [0.25, 0.3) is 0 Å². The molecule has 9 N–H and O–H groups in total. The zero-order valence-electron chi connectivity index (χ0n) is 61.3. The van der Waals surface area contributed by atoms with Crippen LogP contribution in [0, 0.1) is 52.8 Å². The number of amides is 10. The van der Waals surface area contributed by atoms with E-state index in [2.05, 4.69) is 46.9 Å². The number of aromatic nitrogens is 1. The highest BCUT2D eigenvalue weighted by atomic mass is 32.1. The molecule has 10 atom stereocenters. The number of methoxy groups -OCH3 is 2. The first kappa shape index (κ1) is 86.7. The molecular formula is C72H100F5N11O16S. The Morgan fingerprint density at radius 3 is 1.95 bits per heavy atom. The minimum Gasteiger partial charge on any atom is -0.445 e. The van der Waals surface area contributed by atoms with Gasteiger partial charge in [-0.25, -0.2) is 27.7 Å². The van der Waals surface area contributed by atoms with Gasteiger partial charge in [0, 0.05) is 58.0 Å². The number of esters is 1. The molecule has 0 bridgehead atoms. The van der Waals surface area contributed by atoms with Gasteiger partial charge in [-0.1, -0.05) is 97.4 Å². The molecule has 4 aromatic rings. The van der Waals surface area contributed by atoms with Crippen LogP contribution >= 0.6 is 11.3 Å². The summed E-state index contributed by atoms with van der Waals surface area (Å²) in [5.74, 6) is -20.1. The van der Waals surface area contributed by atoms with E-state index in [0.29, 0.717) is 37.8 Å². The lowest BCUT2D eigenvalue weighted by molar-refractivity contribution is -0.148. The maximum atomic E-state index is 14.7. The van der Waals surface area contributed by atoms with E-state index < -0.39 is 161 Å². The van der Waals surface area contributed by atoms with Crippen LogP contribution in [-0.4, -0.2) is 183 Å². The number of carbonyl (C=O) groups excluding carboxylic acids is 10. The molecule has 580 valence electrons. The third-order valence-corrected chi connectivity index (χ3v) is 18.8. The van der Waals surface area contributed by atoms with Crippen LogP contribution in [0.3, 0.4) is 0 Å². The summed E-state index contributed by atoms with van der Waals surface area (Å²) in [6, 6.07) is 10.2. The molecule has 1 saturated heterocycles. The van der Waals surface area contributed by atoms with E-state index in [1.165, 1.54) is 56.4 Å². The third-order valence-electron chi connectivity index (χ3n) is 17.9. The normalized spacial score (nSPS) is 15.6. The fraction of sp³-hybridized carbons (Fsp3) is 0.569. The Balaban J connectivity index is 1.11. The molecule has 3 aromatic carbocycles. The predicted octanol–water partition coefficient (Wildman–Crippen LogP) is 7.44. The Morgan fingerprint density at radius 2 is 1.37 bits per heavy atom. The highest BCUT2D eigenvalue weighted by Gasteiger charge is 2.44. The van der Waals surface area contributed by atoms with Gasteiger partial charge in [-0.05, 0) is 87.0 Å². The van der Waals surface area contributed by atoms with Crippen LogP contribution in [0.4, 0.5) is 37.2 Å². The highest BCUT2D eigenvalue weighted by molar-refractivity contribution is 7.09. The number of thiazole rings is 1. The minimum atomic E-state index is -2.42. The summed E-state index contributed by atoms with van der Waals surface area (Å²) in [5.41, 5.74) is 5.36. The van der Waals surface area contributed by atoms with E-state index in [1.807, 2.05) is 49.6 Å². The lowest BCUT2D eigenvalue weighted by atomic mass is 9.89. The molecule has 1 aliphatic rings. The molecular weight excluding hydrogens is 1400 g/mol. The number of likely N-dealkylation sites (N-methyl/N-ethyl adjacent to an activating group) is 1. The van der Waals surface area contributed by atoms with Gasteiger partial charge in [0.05, 0.1) is 75.5 Å². The zero-order valence-corrected chi connectivity index (χ0v) is 62.2. The van der Waals surface area contributed by atoms with Crippen LogP contribution < -0.4 is 47.7 Å². The predicted molar refractivity (Wildman–Crippen MR) is 377 cm³/mol. The molecule has 10 amide bonds. The number of halogens is 5. The lowest BCUT2D eigenvalue weighted by Gasteiger charge is -2.41. The minimum absolute atomic E-state index is 0.00604. The fourth-order valence-corrected chi connectivity index (χ4v) is 12.5. The molecule has 27 nitrogen and oxygen atoms in total. The van der Waals surface area contributed by atoms with Gasteiger partial charge in [-0.3, -0.25) is 38.4 Å². The Bertz CT molecular complexity index is 3520. The summed E-state index contributed by atoms with van der Waals surface area (Å²) in [4.78, 5) is 143. The van der Waals surface area contributed by atoms with Crippen molar-refractivity contribution in [2.75, 3.05) is 66.1 Å². The monoisotopic (exact) mass is 1500 g/mol. The average molecular weight is 1500 g/mol. The molecule has 0 aliphatic carbocycles. The van der Waals surface area contributed by atoms with Gasteiger partial charge in [-0.15, -0.1) is 11.3 Å². The van der Waals surface area contributed by atoms with Crippen molar-refractivity contribution >= 4 is 76.5 Å². The van der Waals surface area contributed by atoms with Crippen LogP contribution in [-0.2, 0) is 75.1 Å². The number of benzene rings is 3. The number of primary amides is 1. The number of hydrogen-bond acceptors (Lipinski definition) is 18. The summed E-state index contributed by atoms with van der Waals surface area (Å²) >= 11 is 1.45.